The van der Waals surface area contributed by atoms with Gasteiger partial charge in [-0.1, -0.05) is 35.9 Å². The van der Waals surface area contributed by atoms with Crippen LogP contribution in [-0.2, 0) is 21.4 Å². The van der Waals surface area contributed by atoms with Crippen LogP contribution in [-0.4, -0.2) is 36.3 Å². The van der Waals surface area contributed by atoms with Crippen LogP contribution in [0.2, 0.25) is 0 Å². The van der Waals surface area contributed by atoms with Crippen molar-refractivity contribution < 1.29 is 17.6 Å². The van der Waals surface area contributed by atoms with E-state index in [1.807, 2.05) is 29.8 Å². The van der Waals surface area contributed by atoms with E-state index in [2.05, 4.69) is 29.3 Å². The fraction of sp³-hybridized carbons (Fsp3) is 0.280. The third-order valence-electron chi connectivity index (χ3n) is 5.87. The number of nitrogens with zero attached hydrogens (tertiary/aromatic N) is 3. The molecule has 0 N–H and O–H groups in total. The Balaban J connectivity index is 1.45. The van der Waals surface area contributed by atoms with Crippen LogP contribution in [0.3, 0.4) is 0 Å². The normalized spacial score (nSPS) is 16.1. The first-order valence-electron chi connectivity index (χ1n) is 10.9. The zero-order chi connectivity index (χ0) is 23.4. The fourth-order valence-corrected chi connectivity index (χ4v) is 5.37. The van der Waals surface area contributed by atoms with Crippen molar-refractivity contribution in [2.45, 2.75) is 31.2 Å². The molecule has 3 aromatic rings. The van der Waals surface area contributed by atoms with E-state index in [1.165, 1.54) is 22.0 Å². The molecule has 2 aromatic carbocycles. The molecule has 0 atom stereocenters. The molecule has 0 spiro atoms. The number of pyridine rings is 1. The third kappa shape index (κ3) is 5.46. The Bertz CT molecular complexity index is 1290. The predicted molar refractivity (Wildman–Crippen MR) is 123 cm³/mol. The van der Waals surface area contributed by atoms with Gasteiger partial charge in [0.1, 0.15) is 11.3 Å². The lowest BCUT2D eigenvalue weighted by Gasteiger charge is -2.29. The Labute approximate surface area is 193 Å². The van der Waals surface area contributed by atoms with E-state index in [4.69, 9.17) is 0 Å². The van der Waals surface area contributed by atoms with Crippen molar-refractivity contribution in [3.05, 3.63) is 95.4 Å². The van der Waals surface area contributed by atoms with E-state index in [9.17, 15) is 17.6 Å². The molecule has 0 saturated carbocycles. The van der Waals surface area contributed by atoms with Gasteiger partial charge in [-0.05, 0) is 61.7 Å². The molecule has 0 bridgehead atoms. The highest BCUT2D eigenvalue weighted by atomic mass is 32.2. The van der Waals surface area contributed by atoms with Gasteiger partial charge in [-0.2, -0.15) is 9.30 Å². The molecule has 1 fully saturated rings. The highest BCUT2D eigenvalue weighted by Crippen LogP contribution is 2.24. The van der Waals surface area contributed by atoms with Gasteiger partial charge in [0.05, 0.1) is 4.90 Å². The van der Waals surface area contributed by atoms with E-state index in [1.54, 1.807) is 6.07 Å². The number of aromatic nitrogens is 1. The molecule has 1 aliphatic heterocycles. The maximum Gasteiger partial charge on any atom is 0.250 e. The number of rotatable bonds is 5. The number of hydrogen-bond donors (Lipinski definition) is 0. The monoisotopic (exact) mass is 467 g/mol. The fourth-order valence-electron chi connectivity index (χ4n) is 3.90. The molecule has 0 radical (unpaired) electrons. The number of sulfonamides is 1. The second-order valence-electron chi connectivity index (χ2n) is 8.25. The maximum atomic E-state index is 13.1. The number of carbonyl (C=O) groups is 1. The van der Waals surface area contributed by atoms with Crippen molar-refractivity contribution in [1.82, 2.24) is 8.87 Å². The van der Waals surface area contributed by atoms with Crippen molar-refractivity contribution in [3.63, 3.8) is 0 Å². The Morgan fingerprint density at radius 3 is 2.33 bits per heavy atom. The van der Waals surface area contributed by atoms with E-state index >= 15 is 0 Å². The van der Waals surface area contributed by atoms with E-state index in [0.29, 0.717) is 24.9 Å². The molecule has 1 saturated heterocycles. The van der Waals surface area contributed by atoms with Gasteiger partial charge in [0.25, 0.3) is 5.91 Å². The molecule has 0 unspecified atom stereocenters. The molecular formula is C25H26FN3O3S. The summed E-state index contributed by atoms with van der Waals surface area (Å²) in [6.45, 7) is 3.09. The molecule has 1 aromatic heterocycles. The lowest BCUT2D eigenvalue weighted by Crippen LogP contribution is -2.40. The van der Waals surface area contributed by atoms with Gasteiger partial charge in [0, 0.05) is 31.7 Å². The second-order valence-corrected chi connectivity index (χ2v) is 10.2. The van der Waals surface area contributed by atoms with Crippen molar-refractivity contribution in [1.29, 1.82) is 0 Å². The number of carbonyl (C=O) groups excluding carboxylic acids is 1. The van der Waals surface area contributed by atoms with Gasteiger partial charge in [0.15, 0.2) is 0 Å². The van der Waals surface area contributed by atoms with Crippen LogP contribution in [0.4, 0.5) is 4.39 Å². The largest absolute Gasteiger partial charge is 0.328 e. The predicted octanol–water partition coefficient (Wildman–Crippen LogP) is 3.51. The molecule has 172 valence electrons. The molecule has 0 aliphatic carbocycles. The first-order valence-corrected chi connectivity index (χ1v) is 12.3. The number of benzene rings is 2. The van der Waals surface area contributed by atoms with Gasteiger partial charge in [-0.15, -0.1) is 0 Å². The van der Waals surface area contributed by atoms with Crippen molar-refractivity contribution in [2.24, 2.45) is 10.9 Å². The summed E-state index contributed by atoms with van der Waals surface area (Å²) in [6, 6.07) is 18.5. The molecule has 1 aliphatic rings. The summed E-state index contributed by atoms with van der Waals surface area (Å²) in [7, 11) is -3.71. The Morgan fingerprint density at radius 2 is 1.67 bits per heavy atom. The van der Waals surface area contributed by atoms with Gasteiger partial charge >= 0.3 is 0 Å². The SMILES string of the molecule is Cc1ccc(Cn2ccccc2=NC(=O)C2CCN(S(=O)(=O)c3ccc(F)cc3)CC2)cc1. The first kappa shape index (κ1) is 23.1. The van der Waals surface area contributed by atoms with Crippen LogP contribution >= 0.6 is 0 Å². The summed E-state index contributed by atoms with van der Waals surface area (Å²) >= 11 is 0. The minimum absolute atomic E-state index is 0.0554. The molecule has 8 heteroatoms. The van der Waals surface area contributed by atoms with Crippen molar-refractivity contribution in [3.8, 4) is 0 Å². The van der Waals surface area contributed by atoms with Crippen molar-refractivity contribution >= 4 is 15.9 Å². The highest BCUT2D eigenvalue weighted by molar-refractivity contribution is 7.89. The molecule has 4 rings (SSSR count). The molecule has 2 heterocycles. The Morgan fingerprint density at radius 1 is 1.00 bits per heavy atom. The molecule has 1 amide bonds. The summed E-state index contributed by atoms with van der Waals surface area (Å²) in [6.07, 6.45) is 2.69. The van der Waals surface area contributed by atoms with Gasteiger partial charge in [-0.3, -0.25) is 4.79 Å². The minimum Gasteiger partial charge on any atom is -0.328 e. The van der Waals surface area contributed by atoms with Crippen LogP contribution < -0.4 is 5.49 Å². The summed E-state index contributed by atoms with van der Waals surface area (Å²) < 4.78 is 42.0. The average Bonchev–Trinajstić information content (AvgIpc) is 2.82. The second kappa shape index (κ2) is 9.80. The average molecular weight is 468 g/mol. The summed E-state index contributed by atoms with van der Waals surface area (Å²) in [4.78, 5) is 17.3. The van der Waals surface area contributed by atoms with Crippen LogP contribution in [0.1, 0.15) is 24.0 Å². The van der Waals surface area contributed by atoms with E-state index < -0.39 is 15.8 Å². The topological polar surface area (TPSA) is 71.7 Å². The zero-order valence-electron chi connectivity index (χ0n) is 18.4. The summed E-state index contributed by atoms with van der Waals surface area (Å²) in [5, 5.41) is 0. The van der Waals surface area contributed by atoms with Crippen LogP contribution in [0.25, 0.3) is 0 Å². The van der Waals surface area contributed by atoms with Gasteiger partial charge in [0.2, 0.25) is 10.0 Å². The summed E-state index contributed by atoms with van der Waals surface area (Å²) in [5.41, 5.74) is 2.87. The quantitative estimate of drug-likeness (QED) is 0.577. The van der Waals surface area contributed by atoms with Crippen LogP contribution in [0.15, 0.2) is 82.8 Å². The molecule has 6 nitrogen and oxygen atoms in total. The highest BCUT2D eigenvalue weighted by Gasteiger charge is 2.32. The van der Waals surface area contributed by atoms with Crippen molar-refractivity contribution in [2.75, 3.05) is 13.1 Å². The molecule has 33 heavy (non-hydrogen) atoms. The Kier molecular flexibility index (Phi) is 6.85. The number of aryl methyl sites for hydroxylation is 1. The minimum atomic E-state index is -3.71. The Hall–Kier alpha value is -3.10. The summed E-state index contributed by atoms with van der Waals surface area (Å²) in [5.74, 6) is -1.06. The van der Waals surface area contributed by atoms with Crippen LogP contribution in [0.5, 0.6) is 0 Å². The zero-order valence-corrected chi connectivity index (χ0v) is 19.2. The standard InChI is InChI=1S/C25H26FN3O3S/c1-19-5-7-20(8-6-19)18-28-15-3-2-4-24(28)27-25(30)21-13-16-29(17-14-21)33(31,32)23-11-9-22(26)10-12-23/h2-12,15,21H,13-14,16-18H2,1H3. The van der Waals surface area contributed by atoms with E-state index in [-0.39, 0.29) is 29.8 Å². The number of amides is 1. The first-order chi connectivity index (χ1) is 15.8. The third-order valence-corrected chi connectivity index (χ3v) is 7.78. The van der Waals surface area contributed by atoms with Gasteiger partial charge < -0.3 is 4.57 Å². The maximum absolute atomic E-state index is 13.1. The smallest absolute Gasteiger partial charge is 0.250 e. The van der Waals surface area contributed by atoms with Gasteiger partial charge in [-0.25, -0.2) is 12.8 Å². The lowest BCUT2D eigenvalue weighted by molar-refractivity contribution is -0.122. The molecular weight excluding hydrogens is 441 g/mol. The van der Waals surface area contributed by atoms with E-state index in [0.717, 1.165) is 17.7 Å². The van der Waals surface area contributed by atoms with Crippen LogP contribution in [0, 0.1) is 18.7 Å². The number of hydrogen-bond acceptors (Lipinski definition) is 3. The number of halogens is 1. The number of piperidine rings is 1. The lowest BCUT2D eigenvalue weighted by atomic mass is 9.97.